The first-order chi connectivity index (χ1) is 10.9. The fraction of sp³-hybridized carbons (Fsp3) is 0.188. The number of carboxylic acid groups (broad SMARTS) is 1. The zero-order valence-electron chi connectivity index (χ0n) is 12.8. The highest BCUT2D eigenvalue weighted by atomic mass is 35.5. The van der Waals surface area contributed by atoms with Gasteiger partial charge >= 0.3 is 5.97 Å². The van der Waals surface area contributed by atoms with Crippen molar-refractivity contribution in [1.29, 1.82) is 1.43 Å². The standard InChI is InChI=1S/C16H14ClNO4/c1-9-2-3-11(17)7-12(9)10-6-14(20)16(18-8-10)13(19)4-5-15(21)22/h2-3,6-8,20H,4-5H2,1H3,(H,21,22)/i/hD. The monoisotopic (exact) mass is 320 g/mol. The number of carbonyl (C=O) groups is 2. The summed E-state index contributed by atoms with van der Waals surface area (Å²) in [6, 6.07) is 6.79. The number of aromatic nitrogens is 1. The van der Waals surface area contributed by atoms with Gasteiger partial charge in [-0.2, -0.15) is 0 Å². The van der Waals surface area contributed by atoms with E-state index >= 15 is 0 Å². The molecule has 0 aliphatic heterocycles. The highest BCUT2D eigenvalue weighted by Gasteiger charge is 2.16. The van der Waals surface area contributed by atoms with Crippen LogP contribution in [0.5, 0.6) is 5.75 Å². The summed E-state index contributed by atoms with van der Waals surface area (Å²) < 4.78 is 6.42. The van der Waals surface area contributed by atoms with Crippen LogP contribution < -0.4 is 0 Å². The SMILES string of the molecule is [2H]OC(=O)CCC(=O)c1ncc(-c2cc(Cl)ccc2C)cc1O. The van der Waals surface area contributed by atoms with E-state index < -0.39 is 11.8 Å². The molecule has 0 atom stereocenters. The average molecular weight is 321 g/mol. The van der Waals surface area contributed by atoms with E-state index in [9.17, 15) is 14.7 Å². The van der Waals surface area contributed by atoms with Crippen LogP contribution >= 0.6 is 11.6 Å². The minimum atomic E-state index is -0.816. The second-order valence-corrected chi connectivity index (χ2v) is 5.28. The van der Waals surface area contributed by atoms with Crippen LogP contribution in [0.3, 0.4) is 0 Å². The quantitative estimate of drug-likeness (QED) is 0.824. The van der Waals surface area contributed by atoms with E-state index in [2.05, 4.69) is 10.1 Å². The van der Waals surface area contributed by atoms with Crippen molar-refractivity contribution in [2.24, 2.45) is 0 Å². The molecular weight excluding hydrogens is 306 g/mol. The number of halogens is 1. The van der Waals surface area contributed by atoms with Gasteiger partial charge in [-0.05, 0) is 36.2 Å². The van der Waals surface area contributed by atoms with Crippen LogP contribution in [0.2, 0.25) is 5.02 Å². The Morgan fingerprint density at radius 1 is 1.32 bits per heavy atom. The summed E-state index contributed by atoms with van der Waals surface area (Å²) in [5, 5.41) is 14.3. The van der Waals surface area contributed by atoms with Crippen molar-refractivity contribution in [3.8, 4) is 16.9 Å². The summed E-state index contributed by atoms with van der Waals surface area (Å²) in [4.78, 5) is 26.8. The molecule has 0 saturated heterocycles. The van der Waals surface area contributed by atoms with E-state index in [1.54, 1.807) is 12.1 Å². The Bertz CT molecular complexity index is 764. The Kier molecular flexibility index (Phi) is 4.34. The van der Waals surface area contributed by atoms with Gasteiger partial charge in [-0.15, -0.1) is 0 Å². The van der Waals surface area contributed by atoms with Crippen molar-refractivity contribution in [2.75, 3.05) is 0 Å². The van der Waals surface area contributed by atoms with Crippen LogP contribution in [0.15, 0.2) is 30.5 Å². The summed E-state index contributed by atoms with van der Waals surface area (Å²) in [5.74, 6) is -1.59. The number of benzene rings is 1. The van der Waals surface area contributed by atoms with Gasteiger partial charge in [0.15, 0.2) is 5.78 Å². The number of aliphatic carboxylic acids is 1. The van der Waals surface area contributed by atoms with Crippen molar-refractivity contribution in [2.45, 2.75) is 19.8 Å². The van der Waals surface area contributed by atoms with Crippen LogP contribution in [0, 0.1) is 6.92 Å². The number of nitrogens with zero attached hydrogens (tertiary/aromatic N) is 1. The van der Waals surface area contributed by atoms with Gasteiger partial charge < -0.3 is 10.2 Å². The van der Waals surface area contributed by atoms with E-state index in [1.165, 1.54) is 12.3 Å². The van der Waals surface area contributed by atoms with E-state index in [0.717, 1.165) is 11.1 Å². The lowest BCUT2D eigenvalue weighted by Crippen LogP contribution is -2.06. The normalized spacial score (nSPS) is 10.9. The number of carboxylic acids is 1. The van der Waals surface area contributed by atoms with Gasteiger partial charge in [0.2, 0.25) is 0 Å². The predicted octanol–water partition coefficient (Wildman–Crippen LogP) is 3.46. The number of ketones is 1. The molecule has 0 saturated carbocycles. The average Bonchev–Trinajstić information content (AvgIpc) is 2.54. The van der Waals surface area contributed by atoms with Crippen LogP contribution in [0.25, 0.3) is 12.6 Å². The third kappa shape index (κ3) is 3.62. The largest absolute Gasteiger partial charge is 0.506 e. The van der Waals surface area contributed by atoms with Crippen molar-refractivity contribution in [3.05, 3.63) is 46.7 Å². The molecule has 2 rings (SSSR count). The zero-order chi connectivity index (χ0) is 17.0. The third-order valence-electron chi connectivity index (χ3n) is 3.20. The van der Waals surface area contributed by atoms with Crippen LogP contribution in [-0.4, -0.2) is 27.0 Å². The molecule has 0 spiro atoms. The van der Waals surface area contributed by atoms with Crippen molar-refractivity contribution >= 4 is 23.4 Å². The van der Waals surface area contributed by atoms with E-state index in [-0.39, 0.29) is 24.3 Å². The predicted molar refractivity (Wildman–Crippen MR) is 82.3 cm³/mol. The number of aryl methyl sites for hydroxylation is 1. The van der Waals surface area contributed by atoms with E-state index in [1.807, 2.05) is 13.0 Å². The number of Topliss-reactive ketones (excluding diaryl/α,β-unsaturated/α-hetero) is 1. The van der Waals surface area contributed by atoms with Gasteiger partial charge in [0, 0.05) is 23.2 Å². The smallest absolute Gasteiger partial charge is 0.303 e. The van der Waals surface area contributed by atoms with Crippen LogP contribution in [0.1, 0.15) is 28.9 Å². The molecule has 5 nitrogen and oxygen atoms in total. The second-order valence-electron chi connectivity index (χ2n) is 4.85. The number of hydrogen-bond donors (Lipinski definition) is 2. The van der Waals surface area contributed by atoms with Gasteiger partial charge in [0.25, 0.3) is 1.43 Å². The summed E-state index contributed by atoms with van der Waals surface area (Å²) in [6.45, 7) is 1.90. The topological polar surface area (TPSA) is 87.5 Å². The first kappa shape index (κ1) is 14.5. The molecule has 1 aromatic heterocycles. The lowest BCUT2D eigenvalue weighted by molar-refractivity contribution is -0.136. The fourth-order valence-corrected chi connectivity index (χ4v) is 2.23. The Balaban J connectivity index is 2.25. The molecular formula is C16H14ClNO4. The number of hydrogen-bond acceptors (Lipinski definition) is 5. The summed E-state index contributed by atoms with van der Waals surface area (Å²) in [7, 11) is 0. The molecule has 0 amide bonds. The molecule has 22 heavy (non-hydrogen) atoms. The lowest BCUT2D eigenvalue weighted by atomic mass is 10.0. The van der Waals surface area contributed by atoms with Gasteiger partial charge in [-0.1, -0.05) is 17.7 Å². The Morgan fingerprint density at radius 3 is 2.77 bits per heavy atom. The molecule has 0 unspecified atom stereocenters. The summed E-state index contributed by atoms with van der Waals surface area (Å²) in [5.41, 5.74) is 2.26. The summed E-state index contributed by atoms with van der Waals surface area (Å²) >= 11 is 5.98. The Hall–Kier alpha value is -2.40. The molecule has 0 aliphatic carbocycles. The highest BCUT2D eigenvalue weighted by Crippen LogP contribution is 2.29. The van der Waals surface area contributed by atoms with Gasteiger partial charge in [0.1, 0.15) is 11.4 Å². The van der Waals surface area contributed by atoms with Crippen molar-refractivity contribution in [3.63, 3.8) is 0 Å². The molecule has 1 heterocycles. The minimum Gasteiger partial charge on any atom is -0.506 e. The minimum absolute atomic E-state index is 0.119. The second kappa shape index (κ2) is 6.58. The lowest BCUT2D eigenvalue weighted by Gasteiger charge is -2.09. The van der Waals surface area contributed by atoms with Crippen molar-refractivity contribution < 1.29 is 19.8 Å². The molecule has 2 N–H and O–H groups in total. The molecule has 0 fully saturated rings. The third-order valence-corrected chi connectivity index (χ3v) is 3.43. The molecule has 0 bridgehead atoms. The van der Waals surface area contributed by atoms with Crippen LogP contribution in [-0.2, 0) is 4.79 Å². The van der Waals surface area contributed by atoms with Gasteiger partial charge in [0.05, 0.1) is 6.42 Å². The highest BCUT2D eigenvalue weighted by molar-refractivity contribution is 6.30. The molecule has 6 heteroatoms. The maximum atomic E-state index is 11.9. The number of pyridine rings is 1. The molecule has 114 valence electrons. The zero-order valence-corrected chi connectivity index (χ0v) is 12.6. The first-order valence-corrected chi connectivity index (χ1v) is 6.95. The van der Waals surface area contributed by atoms with E-state index in [4.69, 9.17) is 13.0 Å². The number of aromatic hydroxyl groups is 1. The molecule has 0 aliphatic rings. The van der Waals surface area contributed by atoms with Crippen LogP contribution in [0.4, 0.5) is 0 Å². The molecule has 0 radical (unpaired) electrons. The van der Waals surface area contributed by atoms with E-state index in [0.29, 0.717) is 10.6 Å². The van der Waals surface area contributed by atoms with Gasteiger partial charge in [-0.3, -0.25) is 9.59 Å². The maximum absolute atomic E-state index is 11.9. The van der Waals surface area contributed by atoms with Gasteiger partial charge in [-0.25, -0.2) is 4.98 Å². The molecule has 2 aromatic rings. The first-order valence-electron chi connectivity index (χ1n) is 6.98. The number of rotatable bonds is 5. The summed E-state index contributed by atoms with van der Waals surface area (Å²) in [6.07, 6.45) is 1.04. The Labute approximate surface area is 133 Å². The fourth-order valence-electron chi connectivity index (χ4n) is 2.05. The maximum Gasteiger partial charge on any atom is 0.303 e. The van der Waals surface area contributed by atoms with Crippen molar-refractivity contribution in [1.82, 2.24) is 4.98 Å². The number of carbonyl (C=O) groups excluding carboxylic acids is 1. The molecule has 1 aromatic carbocycles. The Morgan fingerprint density at radius 2 is 2.09 bits per heavy atom.